The summed E-state index contributed by atoms with van der Waals surface area (Å²) in [6.45, 7) is 4.85. The summed E-state index contributed by atoms with van der Waals surface area (Å²) in [5.41, 5.74) is 2.90. The Bertz CT molecular complexity index is 1130. The van der Waals surface area contributed by atoms with Crippen LogP contribution in [-0.4, -0.2) is 40.4 Å². The number of nitrogens with zero attached hydrogens (tertiary/aromatic N) is 4. The number of fused-ring (bicyclic) bond motifs is 1. The maximum Gasteiger partial charge on any atom is 0.247 e. The lowest BCUT2D eigenvalue weighted by Gasteiger charge is -2.24. The van der Waals surface area contributed by atoms with Crippen molar-refractivity contribution in [2.45, 2.75) is 37.9 Å². The largest absolute Gasteiger partial charge is 0.490 e. The Labute approximate surface area is 178 Å². The molecule has 152 valence electrons. The zero-order valence-electron chi connectivity index (χ0n) is 16.1. The summed E-state index contributed by atoms with van der Waals surface area (Å²) in [6, 6.07) is 12.8. The van der Waals surface area contributed by atoms with Crippen LogP contribution in [0.25, 0.3) is 0 Å². The summed E-state index contributed by atoms with van der Waals surface area (Å²) in [5, 5.41) is 8.34. The molecular weight excluding hydrogens is 456 g/mol. The van der Waals surface area contributed by atoms with Crippen molar-refractivity contribution in [3.05, 3.63) is 70.0 Å². The van der Waals surface area contributed by atoms with Crippen molar-refractivity contribution in [2.75, 3.05) is 6.61 Å². The van der Waals surface area contributed by atoms with E-state index in [0.717, 1.165) is 10.0 Å². The van der Waals surface area contributed by atoms with E-state index in [1.54, 1.807) is 29.1 Å². The fourth-order valence-electron chi connectivity index (χ4n) is 3.23. The highest BCUT2D eigenvalue weighted by Gasteiger charge is 2.35. The van der Waals surface area contributed by atoms with Gasteiger partial charge in [0, 0.05) is 4.47 Å². The predicted molar refractivity (Wildman–Crippen MR) is 112 cm³/mol. The number of hydrogen-bond acceptors (Lipinski definition) is 5. The Kier molecular flexibility index (Phi) is 5.46. The van der Waals surface area contributed by atoms with Crippen molar-refractivity contribution in [2.24, 2.45) is 0 Å². The lowest BCUT2D eigenvalue weighted by molar-refractivity contribution is 0.219. The molecule has 1 aromatic heterocycles. The zero-order chi connectivity index (χ0) is 20.6. The first-order valence-electron chi connectivity index (χ1n) is 9.22. The molecule has 1 aliphatic heterocycles. The third kappa shape index (κ3) is 4.22. The third-order valence-corrected chi connectivity index (χ3v) is 7.33. The minimum atomic E-state index is -3.73. The van der Waals surface area contributed by atoms with Gasteiger partial charge in [-0.05, 0) is 37.6 Å². The second-order valence-corrected chi connectivity index (χ2v) is 9.97. The molecule has 0 bridgehead atoms. The molecule has 4 rings (SSSR count). The standard InChI is InChI=1S/C20H21BrN4O3S/c1-14-3-5-16(6-4-14)10-24-11-18(22-23-24)12-25-15(2)13-28-19-9-17(21)7-8-20(19)29(25,26)27/h3-9,11,15H,10,12-13H2,1-2H3/t15-/m0/s1. The van der Waals surface area contributed by atoms with Crippen LogP contribution in [0, 0.1) is 6.92 Å². The van der Waals surface area contributed by atoms with E-state index in [4.69, 9.17) is 4.74 Å². The quantitative estimate of drug-likeness (QED) is 0.576. The van der Waals surface area contributed by atoms with Crippen LogP contribution in [-0.2, 0) is 23.1 Å². The number of aromatic nitrogens is 3. The zero-order valence-corrected chi connectivity index (χ0v) is 18.5. The van der Waals surface area contributed by atoms with Crippen LogP contribution in [0.15, 0.2) is 58.0 Å². The van der Waals surface area contributed by atoms with Crippen molar-refractivity contribution in [3.8, 4) is 5.75 Å². The highest BCUT2D eigenvalue weighted by atomic mass is 79.9. The highest BCUT2D eigenvalue weighted by Crippen LogP contribution is 2.34. The van der Waals surface area contributed by atoms with Crippen molar-refractivity contribution in [3.63, 3.8) is 0 Å². The number of ether oxygens (including phenoxy) is 1. The third-order valence-electron chi connectivity index (χ3n) is 4.83. The first-order chi connectivity index (χ1) is 13.8. The van der Waals surface area contributed by atoms with E-state index < -0.39 is 10.0 Å². The van der Waals surface area contributed by atoms with Crippen LogP contribution in [0.4, 0.5) is 0 Å². The van der Waals surface area contributed by atoms with Gasteiger partial charge in [-0.15, -0.1) is 5.10 Å². The van der Waals surface area contributed by atoms with Gasteiger partial charge in [0.05, 0.1) is 31.0 Å². The van der Waals surface area contributed by atoms with Crippen LogP contribution < -0.4 is 4.74 Å². The van der Waals surface area contributed by atoms with Gasteiger partial charge >= 0.3 is 0 Å². The molecule has 7 nitrogen and oxygen atoms in total. The smallest absolute Gasteiger partial charge is 0.247 e. The summed E-state index contributed by atoms with van der Waals surface area (Å²) in [6.07, 6.45) is 1.79. The lowest BCUT2D eigenvalue weighted by Crippen LogP contribution is -2.39. The number of sulfonamides is 1. The van der Waals surface area contributed by atoms with Crippen LogP contribution >= 0.6 is 15.9 Å². The molecule has 29 heavy (non-hydrogen) atoms. The van der Waals surface area contributed by atoms with Crippen LogP contribution in [0.1, 0.15) is 23.7 Å². The van der Waals surface area contributed by atoms with Gasteiger partial charge in [-0.1, -0.05) is 51.0 Å². The van der Waals surface area contributed by atoms with E-state index >= 15 is 0 Å². The van der Waals surface area contributed by atoms with E-state index in [-0.39, 0.29) is 24.1 Å². The molecule has 2 aromatic carbocycles. The number of rotatable bonds is 4. The van der Waals surface area contributed by atoms with Crippen LogP contribution in [0.5, 0.6) is 5.75 Å². The molecule has 0 aliphatic carbocycles. The topological polar surface area (TPSA) is 77.3 Å². The van der Waals surface area contributed by atoms with Gasteiger partial charge in [0.25, 0.3) is 0 Å². The average Bonchev–Trinajstić information content (AvgIpc) is 3.09. The molecule has 3 aromatic rings. The van der Waals surface area contributed by atoms with Crippen LogP contribution in [0.2, 0.25) is 0 Å². The first kappa shape index (κ1) is 20.1. The highest BCUT2D eigenvalue weighted by molar-refractivity contribution is 9.10. The Balaban J connectivity index is 1.57. The molecule has 0 spiro atoms. The van der Waals surface area contributed by atoms with Crippen LogP contribution in [0.3, 0.4) is 0 Å². The molecule has 0 radical (unpaired) electrons. The van der Waals surface area contributed by atoms with Gasteiger partial charge < -0.3 is 4.74 Å². The van der Waals surface area contributed by atoms with Gasteiger partial charge in [0.15, 0.2) is 0 Å². The summed E-state index contributed by atoms with van der Waals surface area (Å²) < 4.78 is 36.2. The molecular formula is C20H21BrN4O3S. The maximum atomic E-state index is 13.3. The molecule has 0 amide bonds. The summed E-state index contributed by atoms with van der Waals surface area (Å²) in [4.78, 5) is 0.164. The predicted octanol–water partition coefficient (Wildman–Crippen LogP) is 3.37. The van der Waals surface area contributed by atoms with Crippen molar-refractivity contribution >= 4 is 26.0 Å². The molecule has 2 heterocycles. The van der Waals surface area contributed by atoms with Crippen molar-refractivity contribution in [1.82, 2.24) is 19.3 Å². The normalized spacial score (nSPS) is 18.7. The Morgan fingerprint density at radius 3 is 2.69 bits per heavy atom. The fraction of sp³-hybridized carbons (Fsp3) is 0.300. The molecule has 0 saturated heterocycles. The summed E-state index contributed by atoms with van der Waals surface area (Å²) in [7, 11) is -3.73. The molecule has 1 aliphatic rings. The Morgan fingerprint density at radius 2 is 1.93 bits per heavy atom. The van der Waals surface area contributed by atoms with Gasteiger partial charge in [0.2, 0.25) is 10.0 Å². The van der Waals surface area contributed by atoms with E-state index in [9.17, 15) is 8.42 Å². The molecule has 0 saturated carbocycles. The second-order valence-electron chi connectivity index (χ2n) is 7.19. The fourth-order valence-corrected chi connectivity index (χ4v) is 5.28. The SMILES string of the molecule is Cc1ccc(Cn2cc(CN3[C@@H](C)COc4cc(Br)ccc4S3(=O)=O)nn2)cc1. The molecule has 0 N–H and O–H groups in total. The number of halogens is 1. The molecule has 9 heteroatoms. The van der Waals surface area contributed by atoms with E-state index in [1.807, 2.05) is 26.0 Å². The molecule has 0 unspecified atom stereocenters. The van der Waals surface area contributed by atoms with Gasteiger partial charge in [0.1, 0.15) is 17.3 Å². The van der Waals surface area contributed by atoms with Gasteiger partial charge in [-0.2, -0.15) is 4.31 Å². The minimum absolute atomic E-state index is 0.135. The van der Waals surface area contributed by atoms with Gasteiger partial charge in [-0.25, -0.2) is 13.1 Å². The molecule has 1 atom stereocenters. The van der Waals surface area contributed by atoms with Gasteiger partial charge in [-0.3, -0.25) is 0 Å². The maximum absolute atomic E-state index is 13.3. The van der Waals surface area contributed by atoms with Crippen molar-refractivity contribution in [1.29, 1.82) is 0 Å². The lowest BCUT2D eigenvalue weighted by atomic mass is 10.1. The van der Waals surface area contributed by atoms with Crippen molar-refractivity contribution < 1.29 is 13.2 Å². The Hall–Kier alpha value is -2.23. The summed E-state index contributed by atoms with van der Waals surface area (Å²) in [5.74, 6) is 0.358. The summed E-state index contributed by atoms with van der Waals surface area (Å²) >= 11 is 3.36. The number of aryl methyl sites for hydroxylation is 1. The number of benzene rings is 2. The first-order valence-corrected chi connectivity index (χ1v) is 11.4. The number of hydrogen-bond donors (Lipinski definition) is 0. The monoisotopic (exact) mass is 476 g/mol. The average molecular weight is 477 g/mol. The van der Waals surface area contributed by atoms with E-state index in [0.29, 0.717) is 18.0 Å². The second kappa shape index (κ2) is 7.89. The Morgan fingerprint density at radius 1 is 1.17 bits per heavy atom. The minimum Gasteiger partial charge on any atom is -0.490 e. The van der Waals surface area contributed by atoms with E-state index in [1.165, 1.54) is 9.87 Å². The van der Waals surface area contributed by atoms with E-state index in [2.05, 4.69) is 38.4 Å². The molecule has 0 fully saturated rings.